The molecule has 18 heavy (non-hydrogen) atoms. The molecule has 1 rings (SSSR count). The van der Waals surface area contributed by atoms with Gasteiger partial charge in [0.15, 0.2) is 0 Å². The van der Waals surface area contributed by atoms with Gasteiger partial charge in [-0.1, -0.05) is 38.5 Å². The van der Waals surface area contributed by atoms with E-state index in [0.717, 1.165) is 17.9 Å². The summed E-state index contributed by atoms with van der Waals surface area (Å²) in [5, 5.41) is 3.49. The van der Waals surface area contributed by atoms with Crippen molar-refractivity contribution in [3.63, 3.8) is 0 Å². The van der Waals surface area contributed by atoms with Crippen molar-refractivity contribution in [2.24, 2.45) is 5.92 Å². The quantitative estimate of drug-likeness (QED) is 0.822. The van der Waals surface area contributed by atoms with E-state index in [1.165, 1.54) is 5.56 Å². The van der Waals surface area contributed by atoms with Gasteiger partial charge in [-0.15, -0.1) is 0 Å². The molecule has 0 bridgehead atoms. The highest BCUT2D eigenvalue weighted by Crippen LogP contribution is 2.12. The summed E-state index contributed by atoms with van der Waals surface area (Å²) < 4.78 is 12.3. The lowest BCUT2D eigenvalue weighted by molar-refractivity contribution is 0.431. The molecule has 0 heterocycles. The van der Waals surface area contributed by atoms with Crippen LogP contribution < -0.4 is 5.32 Å². The Morgan fingerprint density at radius 1 is 1.22 bits per heavy atom. The first-order chi connectivity index (χ1) is 8.54. The highest BCUT2D eigenvalue weighted by atomic mass is 32.2. The van der Waals surface area contributed by atoms with Gasteiger partial charge in [0, 0.05) is 16.7 Å². The molecule has 0 aliphatic heterocycles. The summed E-state index contributed by atoms with van der Waals surface area (Å²) in [7, 11) is -0.908. The van der Waals surface area contributed by atoms with Gasteiger partial charge >= 0.3 is 0 Å². The molecule has 0 spiro atoms. The van der Waals surface area contributed by atoms with Crippen LogP contribution >= 0.6 is 0 Å². The number of aryl methyl sites for hydroxylation is 1. The van der Waals surface area contributed by atoms with E-state index in [4.69, 9.17) is 0 Å². The molecule has 2 unspecified atom stereocenters. The Morgan fingerprint density at radius 3 is 2.33 bits per heavy atom. The summed E-state index contributed by atoms with van der Waals surface area (Å²) in [6.07, 6.45) is 1.11. The lowest BCUT2D eigenvalue weighted by Crippen LogP contribution is -2.38. The molecule has 0 aliphatic carbocycles. The van der Waals surface area contributed by atoms with Gasteiger partial charge < -0.3 is 5.32 Å². The normalized spacial score (nSPS) is 14.7. The Morgan fingerprint density at radius 2 is 1.83 bits per heavy atom. The Labute approximate surface area is 114 Å². The van der Waals surface area contributed by atoms with Gasteiger partial charge in [-0.25, -0.2) is 0 Å². The van der Waals surface area contributed by atoms with Crippen molar-refractivity contribution in [3.05, 3.63) is 29.8 Å². The maximum atomic E-state index is 12.3. The van der Waals surface area contributed by atoms with Gasteiger partial charge in [-0.05, 0) is 37.9 Å². The van der Waals surface area contributed by atoms with E-state index in [2.05, 4.69) is 26.1 Å². The van der Waals surface area contributed by atoms with Crippen molar-refractivity contribution in [3.8, 4) is 0 Å². The fourth-order valence-corrected chi connectivity index (χ4v) is 3.23. The average Bonchev–Trinajstić information content (AvgIpc) is 2.34. The summed E-state index contributed by atoms with van der Waals surface area (Å²) >= 11 is 0. The first kappa shape index (κ1) is 15.4. The van der Waals surface area contributed by atoms with Crippen LogP contribution in [0, 0.1) is 12.8 Å². The summed E-state index contributed by atoms with van der Waals surface area (Å²) in [6.45, 7) is 9.56. The van der Waals surface area contributed by atoms with Crippen LogP contribution in [0.25, 0.3) is 0 Å². The highest BCUT2D eigenvalue weighted by Gasteiger charge is 2.16. The van der Waals surface area contributed by atoms with Crippen molar-refractivity contribution in [1.29, 1.82) is 0 Å². The Hall–Kier alpha value is -0.670. The lowest BCUT2D eigenvalue weighted by Gasteiger charge is -2.21. The van der Waals surface area contributed by atoms with Gasteiger partial charge in [-0.3, -0.25) is 4.21 Å². The minimum Gasteiger partial charge on any atom is -0.313 e. The Kier molecular flexibility index (Phi) is 6.58. The predicted octanol–water partition coefficient (Wildman–Crippen LogP) is 3.13. The van der Waals surface area contributed by atoms with Crippen molar-refractivity contribution in [1.82, 2.24) is 5.32 Å². The third-order valence-electron chi connectivity index (χ3n) is 3.08. The molecule has 0 radical (unpaired) electrons. The molecule has 102 valence electrons. The molecule has 2 nitrogen and oxygen atoms in total. The molecular weight excluding hydrogens is 242 g/mol. The first-order valence-corrected chi connectivity index (χ1v) is 8.05. The SMILES string of the molecule is CCCNC(CS(=O)c1ccc(C)cc1)C(C)C. The molecule has 0 saturated carbocycles. The van der Waals surface area contributed by atoms with Gasteiger partial charge in [0.25, 0.3) is 0 Å². The Bertz CT molecular complexity index is 373. The monoisotopic (exact) mass is 267 g/mol. The van der Waals surface area contributed by atoms with E-state index in [-0.39, 0.29) is 0 Å². The zero-order valence-electron chi connectivity index (χ0n) is 11.9. The molecule has 1 N–H and O–H groups in total. The summed E-state index contributed by atoms with van der Waals surface area (Å²) in [5.74, 6) is 1.20. The number of hydrogen-bond acceptors (Lipinski definition) is 2. The van der Waals surface area contributed by atoms with Gasteiger partial charge in [0.2, 0.25) is 0 Å². The van der Waals surface area contributed by atoms with Crippen LogP contribution in [0.15, 0.2) is 29.2 Å². The summed E-state index contributed by atoms with van der Waals surface area (Å²) in [4.78, 5) is 0.935. The summed E-state index contributed by atoms with van der Waals surface area (Å²) in [6, 6.07) is 8.33. The number of hydrogen-bond donors (Lipinski definition) is 1. The number of benzene rings is 1. The number of rotatable bonds is 7. The topological polar surface area (TPSA) is 29.1 Å². The predicted molar refractivity (Wildman–Crippen MR) is 79.4 cm³/mol. The maximum Gasteiger partial charge on any atom is 0.0545 e. The van der Waals surface area contributed by atoms with E-state index >= 15 is 0 Å². The van der Waals surface area contributed by atoms with E-state index in [0.29, 0.717) is 17.7 Å². The van der Waals surface area contributed by atoms with E-state index in [9.17, 15) is 4.21 Å². The molecule has 2 atom stereocenters. The smallest absolute Gasteiger partial charge is 0.0545 e. The Balaban J connectivity index is 2.63. The first-order valence-electron chi connectivity index (χ1n) is 6.73. The lowest BCUT2D eigenvalue weighted by atomic mass is 10.1. The van der Waals surface area contributed by atoms with Gasteiger partial charge in [0.05, 0.1) is 10.8 Å². The van der Waals surface area contributed by atoms with Crippen molar-refractivity contribution in [2.75, 3.05) is 12.3 Å². The zero-order valence-corrected chi connectivity index (χ0v) is 12.7. The zero-order chi connectivity index (χ0) is 13.5. The van der Waals surface area contributed by atoms with Crippen LogP contribution in [0.5, 0.6) is 0 Å². The van der Waals surface area contributed by atoms with Crippen LogP contribution in [-0.4, -0.2) is 22.5 Å². The standard InChI is InChI=1S/C15H25NOS/c1-5-10-16-15(12(2)3)11-18(17)14-8-6-13(4)7-9-14/h6-9,12,15-16H,5,10-11H2,1-4H3. The minimum absolute atomic E-state index is 0.326. The second-order valence-electron chi connectivity index (χ2n) is 5.13. The number of nitrogens with one attached hydrogen (secondary N) is 1. The van der Waals surface area contributed by atoms with Crippen LogP contribution in [0.4, 0.5) is 0 Å². The molecule has 3 heteroatoms. The maximum absolute atomic E-state index is 12.3. The van der Waals surface area contributed by atoms with Gasteiger partial charge in [0.1, 0.15) is 0 Å². The molecule has 0 fully saturated rings. The van der Waals surface area contributed by atoms with Crippen molar-refractivity contribution < 1.29 is 4.21 Å². The van der Waals surface area contributed by atoms with E-state index < -0.39 is 10.8 Å². The summed E-state index contributed by atoms with van der Waals surface area (Å²) in [5.41, 5.74) is 1.21. The molecule has 0 aliphatic rings. The molecule has 1 aromatic carbocycles. The molecule has 0 aromatic heterocycles. The fraction of sp³-hybridized carbons (Fsp3) is 0.600. The molecular formula is C15H25NOS. The molecule has 0 saturated heterocycles. The minimum atomic E-state index is -0.908. The highest BCUT2D eigenvalue weighted by molar-refractivity contribution is 7.85. The third-order valence-corrected chi connectivity index (χ3v) is 4.54. The van der Waals surface area contributed by atoms with Gasteiger partial charge in [-0.2, -0.15) is 0 Å². The average molecular weight is 267 g/mol. The second-order valence-corrected chi connectivity index (χ2v) is 6.63. The van der Waals surface area contributed by atoms with Crippen LogP contribution in [-0.2, 0) is 10.8 Å². The van der Waals surface area contributed by atoms with Crippen LogP contribution in [0.3, 0.4) is 0 Å². The molecule has 0 amide bonds. The van der Waals surface area contributed by atoms with Crippen LogP contribution in [0.2, 0.25) is 0 Å². The fourth-order valence-electron chi connectivity index (χ4n) is 1.77. The van der Waals surface area contributed by atoms with Crippen LogP contribution in [0.1, 0.15) is 32.8 Å². The third kappa shape index (κ3) is 4.91. The van der Waals surface area contributed by atoms with E-state index in [1.807, 2.05) is 31.2 Å². The van der Waals surface area contributed by atoms with E-state index in [1.54, 1.807) is 0 Å². The largest absolute Gasteiger partial charge is 0.313 e. The second kappa shape index (κ2) is 7.70. The molecule has 1 aromatic rings. The van der Waals surface area contributed by atoms with Crippen molar-refractivity contribution in [2.45, 2.75) is 45.1 Å². The van der Waals surface area contributed by atoms with Crippen molar-refractivity contribution >= 4 is 10.8 Å².